The zero-order chi connectivity index (χ0) is 16.1. The summed E-state index contributed by atoms with van der Waals surface area (Å²) in [4.78, 5) is 11.7. The van der Waals surface area contributed by atoms with Crippen molar-refractivity contribution >= 4 is 22.5 Å². The van der Waals surface area contributed by atoms with Crippen LogP contribution >= 0.6 is 11.5 Å². The summed E-state index contributed by atoms with van der Waals surface area (Å²) in [6, 6.07) is 5.43. The highest BCUT2D eigenvalue weighted by molar-refractivity contribution is 7.10. The molecule has 2 aromatic rings. The van der Waals surface area contributed by atoms with E-state index in [0.29, 0.717) is 11.5 Å². The molecular weight excluding hydrogens is 308 g/mol. The van der Waals surface area contributed by atoms with Crippen LogP contribution in [0.3, 0.4) is 0 Å². The van der Waals surface area contributed by atoms with Gasteiger partial charge in [0.2, 0.25) is 5.88 Å². The van der Waals surface area contributed by atoms with Crippen LogP contribution in [0.2, 0.25) is 0 Å². The van der Waals surface area contributed by atoms with Crippen molar-refractivity contribution in [2.75, 3.05) is 27.1 Å². The standard InChI is InChI=1S/C14H16N2O5S/c1-18-9-6-4-5-8(11(9)19-2)7-21-13-10(14(17)20-3)12(15)22-16-13/h4-6H,7,15H2,1-3H3. The summed E-state index contributed by atoms with van der Waals surface area (Å²) in [5.74, 6) is 0.709. The minimum atomic E-state index is -0.584. The summed E-state index contributed by atoms with van der Waals surface area (Å²) in [5.41, 5.74) is 6.61. The molecule has 0 fully saturated rings. The number of benzene rings is 1. The van der Waals surface area contributed by atoms with E-state index in [4.69, 9.17) is 19.9 Å². The monoisotopic (exact) mass is 324 g/mol. The first-order valence-electron chi connectivity index (χ1n) is 6.28. The van der Waals surface area contributed by atoms with Crippen molar-refractivity contribution in [1.29, 1.82) is 0 Å². The lowest BCUT2D eigenvalue weighted by atomic mass is 10.2. The van der Waals surface area contributed by atoms with E-state index < -0.39 is 5.97 Å². The largest absolute Gasteiger partial charge is 0.493 e. The number of nitrogens with zero attached hydrogens (tertiary/aromatic N) is 1. The Kier molecular flexibility index (Phi) is 5.05. The molecule has 1 aromatic heterocycles. The maximum atomic E-state index is 11.7. The fourth-order valence-corrected chi connectivity index (χ4v) is 2.48. The molecule has 0 amide bonds. The van der Waals surface area contributed by atoms with Gasteiger partial charge in [-0.05, 0) is 17.6 Å². The summed E-state index contributed by atoms with van der Waals surface area (Å²) >= 11 is 0.973. The summed E-state index contributed by atoms with van der Waals surface area (Å²) in [6.07, 6.45) is 0. The van der Waals surface area contributed by atoms with E-state index in [9.17, 15) is 4.79 Å². The molecule has 0 unspecified atom stereocenters. The molecule has 0 radical (unpaired) electrons. The van der Waals surface area contributed by atoms with Crippen molar-refractivity contribution in [2.45, 2.75) is 6.61 Å². The van der Waals surface area contributed by atoms with Crippen LogP contribution in [-0.2, 0) is 11.3 Å². The number of esters is 1. The first-order chi connectivity index (χ1) is 10.6. The lowest BCUT2D eigenvalue weighted by molar-refractivity contribution is 0.0597. The molecular formula is C14H16N2O5S. The number of rotatable bonds is 6. The lowest BCUT2D eigenvalue weighted by Gasteiger charge is -2.12. The number of carbonyl (C=O) groups is 1. The van der Waals surface area contributed by atoms with Gasteiger partial charge in [0, 0.05) is 5.56 Å². The van der Waals surface area contributed by atoms with Crippen molar-refractivity contribution in [3.63, 3.8) is 0 Å². The highest BCUT2D eigenvalue weighted by atomic mass is 32.1. The number of nitrogens with two attached hydrogens (primary N) is 1. The molecule has 2 N–H and O–H groups in total. The van der Waals surface area contributed by atoms with Gasteiger partial charge in [0.15, 0.2) is 17.1 Å². The predicted molar refractivity (Wildman–Crippen MR) is 81.7 cm³/mol. The molecule has 7 nitrogen and oxygen atoms in total. The van der Waals surface area contributed by atoms with E-state index in [-0.39, 0.29) is 23.1 Å². The minimum Gasteiger partial charge on any atom is -0.493 e. The average Bonchev–Trinajstić information content (AvgIpc) is 2.92. The van der Waals surface area contributed by atoms with Gasteiger partial charge in [-0.2, -0.15) is 4.37 Å². The maximum Gasteiger partial charge on any atom is 0.346 e. The first-order valence-corrected chi connectivity index (χ1v) is 7.05. The Balaban J connectivity index is 2.23. The van der Waals surface area contributed by atoms with E-state index in [1.54, 1.807) is 20.3 Å². The van der Waals surface area contributed by atoms with Gasteiger partial charge >= 0.3 is 5.97 Å². The second-order valence-corrected chi connectivity index (χ2v) is 4.96. The van der Waals surface area contributed by atoms with Gasteiger partial charge in [0.1, 0.15) is 11.6 Å². The van der Waals surface area contributed by atoms with Gasteiger partial charge in [-0.15, -0.1) is 0 Å². The number of anilines is 1. The van der Waals surface area contributed by atoms with E-state index in [1.165, 1.54) is 7.11 Å². The van der Waals surface area contributed by atoms with Crippen LogP contribution in [0.1, 0.15) is 15.9 Å². The van der Waals surface area contributed by atoms with E-state index >= 15 is 0 Å². The van der Waals surface area contributed by atoms with Crippen molar-refractivity contribution in [3.05, 3.63) is 29.3 Å². The van der Waals surface area contributed by atoms with Gasteiger partial charge in [0.25, 0.3) is 0 Å². The molecule has 8 heteroatoms. The van der Waals surface area contributed by atoms with Crippen LogP contribution in [0.25, 0.3) is 0 Å². The van der Waals surface area contributed by atoms with E-state index in [1.807, 2.05) is 12.1 Å². The molecule has 118 valence electrons. The highest BCUT2D eigenvalue weighted by Crippen LogP contribution is 2.33. The van der Waals surface area contributed by atoms with Crippen molar-refractivity contribution < 1.29 is 23.7 Å². The molecule has 0 aliphatic carbocycles. The molecule has 0 aliphatic rings. The van der Waals surface area contributed by atoms with Crippen LogP contribution in [-0.4, -0.2) is 31.7 Å². The second kappa shape index (κ2) is 6.99. The van der Waals surface area contributed by atoms with E-state index in [0.717, 1.165) is 17.1 Å². The zero-order valence-electron chi connectivity index (χ0n) is 12.4. The van der Waals surface area contributed by atoms with Gasteiger partial charge in [0.05, 0.1) is 21.3 Å². The Bertz CT molecular complexity index is 671. The molecule has 0 atom stereocenters. The fraction of sp³-hybridized carbons (Fsp3) is 0.286. The van der Waals surface area contributed by atoms with Gasteiger partial charge < -0.3 is 24.7 Å². The van der Waals surface area contributed by atoms with E-state index in [2.05, 4.69) is 9.11 Å². The smallest absolute Gasteiger partial charge is 0.346 e. The van der Waals surface area contributed by atoms with Crippen LogP contribution in [0.4, 0.5) is 5.00 Å². The summed E-state index contributed by atoms with van der Waals surface area (Å²) < 4.78 is 24.8. The first kappa shape index (κ1) is 15.9. The molecule has 0 saturated carbocycles. The topological polar surface area (TPSA) is 92.9 Å². The number of nitrogen functional groups attached to an aromatic ring is 1. The van der Waals surface area contributed by atoms with Crippen LogP contribution < -0.4 is 19.9 Å². The molecule has 1 aromatic carbocycles. The number of carbonyl (C=O) groups excluding carboxylic acids is 1. The number of hydrogen-bond donors (Lipinski definition) is 1. The molecule has 0 spiro atoms. The normalized spacial score (nSPS) is 10.1. The lowest BCUT2D eigenvalue weighted by Crippen LogP contribution is -2.07. The quantitative estimate of drug-likeness (QED) is 0.813. The Morgan fingerprint density at radius 3 is 2.68 bits per heavy atom. The Morgan fingerprint density at radius 1 is 1.27 bits per heavy atom. The Labute approximate surface area is 131 Å². The average molecular weight is 324 g/mol. The maximum absolute atomic E-state index is 11.7. The minimum absolute atomic E-state index is 0.134. The van der Waals surface area contributed by atoms with Gasteiger partial charge in [-0.3, -0.25) is 0 Å². The second-order valence-electron chi connectivity index (χ2n) is 4.16. The SMILES string of the molecule is COC(=O)c1c(OCc2cccc(OC)c2OC)nsc1N. The van der Waals surface area contributed by atoms with Gasteiger partial charge in [-0.1, -0.05) is 12.1 Å². The van der Waals surface area contributed by atoms with Crippen molar-refractivity contribution in [1.82, 2.24) is 4.37 Å². The van der Waals surface area contributed by atoms with Crippen LogP contribution in [0.5, 0.6) is 17.4 Å². The summed E-state index contributed by atoms with van der Waals surface area (Å²) in [7, 11) is 4.37. The zero-order valence-corrected chi connectivity index (χ0v) is 13.2. The fourth-order valence-electron chi connectivity index (χ4n) is 1.89. The van der Waals surface area contributed by atoms with Crippen LogP contribution in [0, 0.1) is 0 Å². The van der Waals surface area contributed by atoms with Gasteiger partial charge in [-0.25, -0.2) is 4.79 Å². The number of methoxy groups -OCH3 is 3. The molecule has 0 bridgehead atoms. The molecule has 0 saturated heterocycles. The number of para-hydroxylation sites is 1. The third kappa shape index (κ3) is 3.06. The number of aromatic nitrogens is 1. The third-order valence-electron chi connectivity index (χ3n) is 2.93. The predicted octanol–water partition coefficient (Wildman–Crippen LogP) is 2.11. The Hall–Kier alpha value is -2.48. The number of hydrogen-bond acceptors (Lipinski definition) is 8. The van der Waals surface area contributed by atoms with Crippen molar-refractivity contribution in [3.8, 4) is 17.4 Å². The molecule has 22 heavy (non-hydrogen) atoms. The summed E-state index contributed by atoms with van der Waals surface area (Å²) in [6.45, 7) is 0.146. The molecule has 0 aliphatic heterocycles. The number of ether oxygens (including phenoxy) is 4. The summed E-state index contributed by atoms with van der Waals surface area (Å²) in [5, 5.41) is 0.249. The van der Waals surface area contributed by atoms with Crippen molar-refractivity contribution in [2.24, 2.45) is 0 Å². The molecule has 1 heterocycles. The highest BCUT2D eigenvalue weighted by Gasteiger charge is 2.22. The third-order valence-corrected chi connectivity index (χ3v) is 3.58. The Morgan fingerprint density at radius 2 is 2.05 bits per heavy atom. The molecule has 2 rings (SSSR count). The van der Waals surface area contributed by atoms with Crippen LogP contribution in [0.15, 0.2) is 18.2 Å².